The van der Waals surface area contributed by atoms with Gasteiger partial charge in [-0.3, -0.25) is 4.18 Å². The highest BCUT2D eigenvalue weighted by Gasteiger charge is 2.43. The minimum absolute atomic E-state index is 0.00561. The summed E-state index contributed by atoms with van der Waals surface area (Å²) in [5, 5.41) is 19.8. The van der Waals surface area contributed by atoms with E-state index in [0.717, 1.165) is 5.56 Å². The third-order valence-corrected chi connectivity index (χ3v) is 4.97. The molecule has 0 unspecified atom stereocenters. The molecule has 0 bridgehead atoms. The van der Waals surface area contributed by atoms with Crippen LogP contribution in [0.4, 0.5) is 0 Å². The van der Waals surface area contributed by atoms with Crippen molar-refractivity contribution in [2.45, 2.75) is 42.5 Å². The Bertz CT molecular complexity index is 617. The summed E-state index contributed by atoms with van der Waals surface area (Å²) in [5.41, 5.74) is 6.57. The number of rotatable bonds is 5. The number of aryl methyl sites for hydroxylation is 1. The molecule has 0 amide bonds. The SMILES string of the molecule is CO[C@@H]1O[C@H](COS(=O)(=O)c2ccc(C)cc2)[C@H](O)[C@H](O)[C@H]1N. The molecule has 9 heteroatoms. The number of methoxy groups -OCH3 is 1. The second-order valence-electron chi connectivity index (χ2n) is 5.39. The monoisotopic (exact) mass is 347 g/mol. The van der Waals surface area contributed by atoms with Gasteiger partial charge in [-0.25, -0.2) is 0 Å². The van der Waals surface area contributed by atoms with Crippen LogP contribution in [0.1, 0.15) is 5.56 Å². The van der Waals surface area contributed by atoms with Gasteiger partial charge in [-0.1, -0.05) is 17.7 Å². The molecule has 1 aromatic carbocycles. The molecule has 0 spiro atoms. The van der Waals surface area contributed by atoms with Crippen LogP contribution < -0.4 is 5.73 Å². The van der Waals surface area contributed by atoms with Crippen molar-refractivity contribution >= 4 is 10.1 Å². The highest BCUT2D eigenvalue weighted by Crippen LogP contribution is 2.22. The first-order chi connectivity index (χ1) is 10.8. The van der Waals surface area contributed by atoms with Crippen molar-refractivity contribution in [1.82, 2.24) is 0 Å². The summed E-state index contributed by atoms with van der Waals surface area (Å²) in [6.45, 7) is 1.36. The van der Waals surface area contributed by atoms with E-state index in [0.29, 0.717) is 0 Å². The van der Waals surface area contributed by atoms with Gasteiger partial charge in [0, 0.05) is 7.11 Å². The van der Waals surface area contributed by atoms with Gasteiger partial charge in [-0.15, -0.1) is 0 Å². The molecule has 1 heterocycles. The Labute approximate surface area is 134 Å². The van der Waals surface area contributed by atoms with Crippen molar-refractivity contribution in [2.75, 3.05) is 13.7 Å². The van der Waals surface area contributed by atoms with Crippen LogP contribution >= 0.6 is 0 Å². The van der Waals surface area contributed by atoms with E-state index in [1.807, 2.05) is 6.92 Å². The number of benzene rings is 1. The Morgan fingerprint density at radius 1 is 1.22 bits per heavy atom. The maximum atomic E-state index is 12.1. The lowest BCUT2D eigenvalue weighted by atomic mass is 9.98. The molecule has 2 rings (SSSR count). The van der Waals surface area contributed by atoms with Crippen LogP contribution in [0, 0.1) is 6.92 Å². The van der Waals surface area contributed by atoms with Crippen LogP contribution in [-0.4, -0.2) is 63.0 Å². The molecule has 23 heavy (non-hydrogen) atoms. The third-order valence-electron chi connectivity index (χ3n) is 3.68. The van der Waals surface area contributed by atoms with Gasteiger partial charge >= 0.3 is 0 Å². The molecule has 8 nitrogen and oxygen atoms in total. The molecule has 1 fully saturated rings. The predicted molar refractivity (Wildman–Crippen MR) is 80.0 cm³/mol. The number of aliphatic hydroxyl groups excluding tert-OH is 2. The average Bonchev–Trinajstić information content (AvgIpc) is 2.52. The van der Waals surface area contributed by atoms with E-state index in [4.69, 9.17) is 19.4 Å². The Kier molecular flexibility index (Phi) is 5.74. The zero-order valence-corrected chi connectivity index (χ0v) is 13.6. The fourth-order valence-electron chi connectivity index (χ4n) is 2.23. The van der Waals surface area contributed by atoms with Gasteiger partial charge < -0.3 is 25.4 Å². The van der Waals surface area contributed by atoms with Crippen molar-refractivity contribution in [3.05, 3.63) is 29.8 Å². The number of ether oxygens (including phenoxy) is 2. The Hall–Kier alpha value is -1.07. The number of nitrogens with two attached hydrogens (primary N) is 1. The molecule has 0 radical (unpaired) electrons. The first-order valence-corrected chi connectivity index (χ1v) is 8.43. The Morgan fingerprint density at radius 2 is 1.83 bits per heavy atom. The van der Waals surface area contributed by atoms with Crippen LogP contribution in [0.5, 0.6) is 0 Å². The summed E-state index contributed by atoms with van der Waals surface area (Å²) in [6, 6.07) is 5.19. The van der Waals surface area contributed by atoms with Gasteiger partial charge in [0.2, 0.25) is 0 Å². The van der Waals surface area contributed by atoms with Gasteiger partial charge in [0.1, 0.15) is 18.3 Å². The lowest BCUT2D eigenvalue weighted by molar-refractivity contribution is -0.256. The maximum absolute atomic E-state index is 12.1. The minimum atomic E-state index is -4.00. The molecule has 1 aromatic rings. The van der Waals surface area contributed by atoms with Crippen LogP contribution in [0.15, 0.2) is 29.2 Å². The van der Waals surface area contributed by atoms with E-state index >= 15 is 0 Å². The third kappa shape index (κ3) is 4.07. The number of aliphatic hydroxyl groups is 2. The second-order valence-corrected chi connectivity index (χ2v) is 7.00. The van der Waals surface area contributed by atoms with Gasteiger partial charge in [0.05, 0.1) is 17.5 Å². The Balaban J connectivity index is 2.05. The molecule has 0 saturated carbocycles. The van der Waals surface area contributed by atoms with Gasteiger partial charge in [-0.05, 0) is 19.1 Å². The average molecular weight is 347 g/mol. The van der Waals surface area contributed by atoms with E-state index in [1.165, 1.54) is 19.2 Å². The largest absolute Gasteiger partial charge is 0.388 e. The van der Waals surface area contributed by atoms with Crippen molar-refractivity contribution in [3.8, 4) is 0 Å². The lowest BCUT2D eigenvalue weighted by Crippen LogP contribution is -2.62. The summed E-state index contributed by atoms with van der Waals surface area (Å²) in [6.07, 6.45) is -4.76. The van der Waals surface area contributed by atoms with E-state index in [1.54, 1.807) is 12.1 Å². The molecule has 1 aliphatic rings. The molecule has 1 saturated heterocycles. The first-order valence-electron chi connectivity index (χ1n) is 7.02. The Morgan fingerprint density at radius 3 is 2.39 bits per heavy atom. The zero-order valence-electron chi connectivity index (χ0n) is 12.8. The smallest absolute Gasteiger partial charge is 0.297 e. The van der Waals surface area contributed by atoms with E-state index in [2.05, 4.69) is 0 Å². The molecule has 0 aromatic heterocycles. The molecule has 0 aliphatic carbocycles. The van der Waals surface area contributed by atoms with E-state index in [-0.39, 0.29) is 4.90 Å². The molecule has 130 valence electrons. The standard InChI is InChI=1S/C14H21NO7S/c1-8-3-5-9(6-4-8)23(18,19)21-7-10-12(16)13(17)11(15)14(20-2)22-10/h3-6,10-14,16-17H,7,15H2,1-2H3/t10-,11-,12+,13-,14-/m1/s1. The number of hydrogen-bond acceptors (Lipinski definition) is 8. The summed E-state index contributed by atoms with van der Waals surface area (Å²) >= 11 is 0. The molecule has 5 atom stereocenters. The summed E-state index contributed by atoms with van der Waals surface area (Å²) in [5.74, 6) is 0. The molecule has 4 N–H and O–H groups in total. The van der Waals surface area contributed by atoms with Crippen LogP contribution in [0.2, 0.25) is 0 Å². The summed E-state index contributed by atoms with van der Waals surface area (Å²) in [4.78, 5) is -0.00561. The second kappa shape index (κ2) is 7.22. The normalized spacial score (nSPS) is 32.0. The van der Waals surface area contributed by atoms with E-state index in [9.17, 15) is 18.6 Å². The summed E-state index contributed by atoms with van der Waals surface area (Å²) < 4.78 is 39.4. The fraction of sp³-hybridized carbons (Fsp3) is 0.571. The van der Waals surface area contributed by atoms with Crippen molar-refractivity contribution < 1.29 is 32.3 Å². The maximum Gasteiger partial charge on any atom is 0.297 e. The quantitative estimate of drug-likeness (QED) is 0.586. The van der Waals surface area contributed by atoms with Gasteiger partial charge in [0.25, 0.3) is 10.1 Å². The topological polar surface area (TPSA) is 128 Å². The summed E-state index contributed by atoms with van der Waals surface area (Å²) in [7, 11) is -2.67. The molecule has 1 aliphatic heterocycles. The van der Waals surface area contributed by atoms with Crippen LogP contribution in [0.25, 0.3) is 0 Å². The first kappa shape index (κ1) is 18.3. The minimum Gasteiger partial charge on any atom is -0.388 e. The van der Waals surface area contributed by atoms with E-state index < -0.39 is 47.4 Å². The highest BCUT2D eigenvalue weighted by molar-refractivity contribution is 7.86. The van der Waals surface area contributed by atoms with Gasteiger partial charge in [0.15, 0.2) is 6.29 Å². The highest BCUT2D eigenvalue weighted by atomic mass is 32.2. The predicted octanol–water partition coefficient (Wildman–Crippen LogP) is -0.879. The van der Waals surface area contributed by atoms with Crippen molar-refractivity contribution in [3.63, 3.8) is 0 Å². The van der Waals surface area contributed by atoms with Crippen molar-refractivity contribution in [2.24, 2.45) is 5.73 Å². The fourth-order valence-corrected chi connectivity index (χ4v) is 3.15. The molecular formula is C14H21NO7S. The number of hydrogen-bond donors (Lipinski definition) is 3. The van der Waals surface area contributed by atoms with Crippen LogP contribution in [0.3, 0.4) is 0 Å². The van der Waals surface area contributed by atoms with Crippen molar-refractivity contribution in [1.29, 1.82) is 0 Å². The van der Waals surface area contributed by atoms with Crippen LogP contribution in [-0.2, 0) is 23.8 Å². The lowest BCUT2D eigenvalue weighted by Gasteiger charge is -2.40. The van der Waals surface area contributed by atoms with Gasteiger partial charge in [-0.2, -0.15) is 8.42 Å². The molecular weight excluding hydrogens is 326 g/mol. The zero-order chi connectivity index (χ0) is 17.2.